The van der Waals surface area contributed by atoms with Gasteiger partial charge in [0.05, 0.1) is 25.3 Å². The van der Waals surface area contributed by atoms with Gasteiger partial charge in [0.2, 0.25) is 0 Å². The number of ether oxygens (including phenoxy) is 2. The maximum atomic E-state index is 9.40. The van der Waals surface area contributed by atoms with Gasteiger partial charge in [-0.2, -0.15) is 9.97 Å². The molecule has 0 unspecified atom stereocenters. The topological polar surface area (TPSA) is 77.4 Å². The number of methoxy groups -OCH3 is 1. The Morgan fingerprint density at radius 3 is 2.36 bits per heavy atom. The molecule has 0 bridgehead atoms. The molecule has 0 fully saturated rings. The van der Waals surface area contributed by atoms with Crippen LogP contribution in [0.4, 0.5) is 0 Å². The predicted octanol–water partition coefficient (Wildman–Crippen LogP) is 4.39. The third-order valence-electron chi connectivity index (χ3n) is 3.95. The number of benzene rings is 2. The fraction of sp³-hybridized carbons (Fsp3) is 0.286. The third kappa shape index (κ3) is 4.77. The first kappa shape index (κ1) is 20.0. The van der Waals surface area contributed by atoms with Crippen molar-refractivity contribution >= 4 is 11.6 Å². The van der Waals surface area contributed by atoms with Crippen LogP contribution in [0.1, 0.15) is 19.4 Å². The van der Waals surface area contributed by atoms with Crippen molar-refractivity contribution in [1.29, 1.82) is 0 Å². The van der Waals surface area contributed by atoms with Gasteiger partial charge >= 0.3 is 6.01 Å². The number of aliphatic hydroxyl groups excluding tert-OH is 1. The number of aromatic nitrogens is 3. The normalized spacial score (nSPS) is 10.9. The van der Waals surface area contributed by atoms with Crippen molar-refractivity contribution in [2.75, 3.05) is 13.7 Å². The van der Waals surface area contributed by atoms with Gasteiger partial charge in [0.25, 0.3) is 0 Å². The number of rotatable bonds is 7. The van der Waals surface area contributed by atoms with E-state index in [4.69, 9.17) is 21.1 Å². The van der Waals surface area contributed by atoms with Crippen molar-refractivity contribution < 1.29 is 14.6 Å². The molecule has 3 aromatic rings. The van der Waals surface area contributed by atoms with Crippen molar-refractivity contribution in [2.45, 2.75) is 20.5 Å². The summed E-state index contributed by atoms with van der Waals surface area (Å²) in [5.74, 6) is 2.08. The highest BCUT2D eigenvalue weighted by Gasteiger charge is 2.14. The molecular weight excluding hydrogens is 378 g/mol. The minimum atomic E-state index is -0.100. The Morgan fingerprint density at radius 1 is 1.00 bits per heavy atom. The van der Waals surface area contributed by atoms with E-state index in [0.717, 1.165) is 11.3 Å². The van der Waals surface area contributed by atoms with Gasteiger partial charge < -0.3 is 14.6 Å². The molecule has 6 nitrogen and oxygen atoms in total. The Bertz CT molecular complexity index is 946. The van der Waals surface area contributed by atoms with Crippen molar-refractivity contribution in [3.8, 4) is 34.5 Å². The highest BCUT2D eigenvalue weighted by Crippen LogP contribution is 2.29. The molecule has 146 valence electrons. The molecule has 0 amide bonds. The fourth-order valence-corrected chi connectivity index (χ4v) is 2.70. The first-order valence-electron chi connectivity index (χ1n) is 8.93. The lowest BCUT2D eigenvalue weighted by atomic mass is 10.1. The van der Waals surface area contributed by atoms with Gasteiger partial charge in [0.1, 0.15) is 5.75 Å². The molecule has 0 radical (unpaired) electrons. The monoisotopic (exact) mass is 399 g/mol. The largest absolute Gasteiger partial charge is 0.493 e. The molecular formula is C21H22ClN3O3. The van der Waals surface area contributed by atoms with Crippen LogP contribution in [0.3, 0.4) is 0 Å². The summed E-state index contributed by atoms with van der Waals surface area (Å²) in [6.45, 7) is 4.76. The summed E-state index contributed by atoms with van der Waals surface area (Å²) in [6, 6.07) is 12.9. The molecule has 7 heteroatoms. The Morgan fingerprint density at radius 2 is 1.71 bits per heavy atom. The van der Waals surface area contributed by atoms with Crippen LogP contribution in [-0.4, -0.2) is 33.8 Å². The Balaban J connectivity index is 1.98. The Kier molecular flexibility index (Phi) is 6.44. The lowest BCUT2D eigenvalue weighted by Gasteiger charge is -2.10. The van der Waals surface area contributed by atoms with Crippen LogP contribution in [0.15, 0.2) is 42.5 Å². The molecule has 0 saturated heterocycles. The van der Waals surface area contributed by atoms with E-state index in [9.17, 15) is 5.11 Å². The molecule has 0 aliphatic heterocycles. The summed E-state index contributed by atoms with van der Waals surface area (Å²) < 4.78 is 11.0. The van der Waals surface area contributed by atoms with Crippen LogP contribution in [-0.2, 0) is 6.61 Å². The SMILES string of the molecule is COc1nc(-c2ccc(OCC(C)C)cc2)nc(-c2cc(CO)ccc2Cl)n1. The zero-order valence-electron chi connectivity index (χ0n) is 16.0. The van der Waals surface area contributed by atoms with Crippen LogP contribution in [0, 0.1) is 5.92 Å². The van der Waals surface area contributed by atoms with Gasteiger partial charge in [-0.25, -0.2) is 4.98 Å². The van der Waals surface area contributed by atoms with Gasteiger partial charge in [0, 0.05) is 11.1 Å². The second-order valence-electron chi connectivity index (χ2n) is 6.67. The van der Waals surface area contributed by atoms with E-state index in [0.29, 0.717) is 40.3 Å². The van der Waals surface area contributed by atoms with Gasteiger partial charge in [-0.05, 0) is 47.9 Å². The summed E-state index contributed by atoms with van der Waals surface area (Å²) in [7, 11) is 1.50. The second-order valence-corrected chi connectivity index (χ2v) is 7.08. The zero-order chi connectivity index (χ0) is 20.1. The first-order chi connectivity index (χ1) is 13.5. The highest BCUT2D eigenvalue weighted by molar-refractivity contribution is 6.33. The summed E-state index contributed by atoms with van der Waals surface area (Å²) in [5, 5.41) is 9.88. The molecule has 0 aliphatic rings. The molecule has 3 rings (SSSR count). The molecule has 0 spiro atoms. The lowest BCUT2D eigenvalue weighted by molar-refractivity contribution is 0.271. The molecule has 2 aromatic carbocycles. The molecule has 0 saturated carbocycles. The second kappa shape index (κ2) is 8.99. The molecule has 1 heterocycles. The number of halogens is 1. The van der Waals surface area contributed by atoms with E-state index in [1.807, 2.05) is 24.3 Å². The van der Waals surface area contributed by atoms with Crippen LogP contribution in [0.2, 0.25) is 5.02 Å². The van der Waals surface area contributed by atoms with Crippen LogP contribution in [0.5, 0.6) is 11.8 Å². The minimum absolute atomic E-state index is 0.100. The van der Waals surface area contributed by atoms with Crippen molar-refractivity contribution in [1.82, 2.24) is 15.0 Å². The molecule has 1 aromatic heterocycles. The molecule has 0 atom stereocenters. The minimum Gasteiger partial charge on any atom is -0.493 e. The van der Waals surface area contributed by atoms with Gasteiger partial charge in [0.15, 0.2) is 11.6 Å². The highest BCUT2D eigenvalue weighted by atomic mass is 35.5. The average Bonchev–Trinajstić information content (AvgIpc) is 2.72. The van der Waals surface area contributed by atoms with E-state index >= 15 is 0 Å². The summed E-state index contributed by atoms with van der Waals surface area (Å²) in [6.07, 6.45) is 0. The van der Waals surface area contributed by atoms with Crippen LogP contribution < -0.4 is 9.47 Å². The average molecular weight is 400 g/mol. The Labute approximate surface area is 169 Å². The molecule has 1 N–H and O–H groups in total. The maximum Gasteiger partial charge on any atom is 0.320 e. The molecule has 0 aliphatic carbocycles. The van der Waals surface area contributed by atoms with Crippen LogP contribution in [0.25, 0.3) is 22.8 Å². The van der Waals surface area contributed by atoms with E-state index in [2.05, 4.69) is 28.8 Å². The fourth-order valence-electron chi connectivity index (χ4n) is 2.50. The quantitative estimate of drug-likeness (QED) is 0.634. The van der Waals surface area contributed by atoms with Gasteiger partial charge in [-0.1, -0.05) is 31.5 Å². The van der Waals surface area contributed by atoms with Crippen molar-refractivity contribution in [3.63, 3.8) is 0 Å². The van der Waals surface area contributed by atoms with Crippen LogP contribution >= 0.6 is 11.6 Å². The Hall–Kier alpha value is -2.70. The van der Waals surface area contributed by atoms with Crippen molar-refractivity contribution in [3.05, 3.63) is 53.1 Å². The zero-order valence-corrected chi connectivity index (χ0v) is 16.8. The first-order valence-corrected chi connectivity index (χ1v) is 9.31. The molecule has 28 heavy (non-hydrogen) atoms. The number of hydrogen-bond acceptors (Lipinski definition) is 6. The smallest absolute Gasteiger partial charge is 0.320 e. The van der Waals surface area contributed by atoms with Gasteiger partial charge in [-0.3, -0.25) is 0 Å². The number of aliphatic hydroxyl groups is 1. The standard InChI is InChI=1S/C21H22ClN3O3/c1-13(2)12-28-16-7-5-15(6-8-16)19-23-20(25-21(24-19)27-3)17-10-14(11-26)4-9-18(17)22/h4-10,13,26H,11-12H2,1-3H3. The summed E-state index contributed by atoms with van der Waals surface area (Å²) in [5.41, 5.74) is 2.12. The lowest BCUT2D eigenvalue weighted by Crippen LogP contribution is -2.04. The summed E-state index contributed by atoms with van der Waals surface area (Å²) >= 11 is 6.32. The number of nitrogens with zero attached hydrogens (tertiary/aromatic N) is 3. The summed E-state index contributed by atoms with van der Waals surface area (Å²) in [4.78, 5) is 13.2. The van der Waals surface area contributed by atoms with Crippen molar-refractivity contribution in [2.24, 2.45) is 5.92 Å². The van der Waals surface area contributed by atoms with E-state index in [-0.39, 0.29) is 12.6 Å². The van der Waals surface area contributed by atoms with E-state index in [1.165, 1.54) is 7.11 Å². The van der Waals surface area contributed by atoms with E-state index in [1.54, 1.807) is 18.2 Å². The number of hydrogen-bond donors (Lipinski definition) is 1. The van der Waals surface area contributed by atoms with Gasteiger partial charge in [-0.15, -0.1) is 0 Å². The maximum absolute atomic E-state index is 9.40. The van der Waals surface area contributed by atoms with E-state index < -0.39 is 0 Å². The third-order valence-corrected chi connectivity index (χ3v) is 4.28. The predicted molar refractivity (Wildman–Crippen MR) is 109 cm³/mol.